The number of rotatable bonds is 5. The maximum atomic E-state index is 11.4. The summed E-state index contributed by atoms with van der Waals surface area (Å²) in [5, 5.41) is 11.5. The summed E-state index contributed by atoms with van der Waals surface area (Å²) in [7, 11) is 0. The van der Waals surface area contributed by atoms with Crippen molar-refractivity contribution in [1.29, 1.82) is 0 Å². The molecule has 2 N–H and O–H groups in total. The first-order chi connectivity index (χ1) is 7.63. The number of hydrogen-bond acceptors (Lipinski definition) is 2. The number of hydrogen-bond donors (Lipinski definition) is 2. The average Bonchev–Trinajstić information content (AvgIpc) is 2.26. The average molecular weight is 286 g/mol. The third kappa shape index (κ3) is 4.33. The normalized spacial score (nSPS) is 12.2. The first-order valence-corrected chi connectivity index (χ1v) is 6.08. The Morgan fingerprint density at radius 1 is 1.56 bits per heavy atom. The van der Waals surface area contributed by atoms with Crippen LogP contribution in [0.4, 0.5) is 0 Å². The highest BCUT2D eigenvalue weighted by molar-refractivity contribution is 9.10. The molecule has 16 heavy (non-hydrogen) atoms. The number of carbonyl (C=O) groups is 1. The summed E-state index contributed by atoms with van der Waals surface area (Å²) in [5.74, 6) is -0.0264. The van der Waals surface area contributed by atoms with Gasteiger partial charge in [-0.2, -0.15) is 0 Å². The van der Waals surface area contributed by atoms with Crippen LogP contribution in [0.2, 0.25) is 0 Å². The minimum Gasteiger partial charge on any atom is -0.396 e. The first kappa shape index (κ1) is 13.2. The summed E-state index contributed by atoms with van der Waals surface area (Å²) in [6.45, 7) is 2.00. The molecule has 0 aliphatic carbocycles. The topological polar surface area (TPSA) is 49.3 Å². The van der Waals surface area contributed by atoms with Crippen molar-refractivity contribution in [1.82, 2.24) is 5.32 Å². The van der Waals surface area contributed by atoms with Crippen molar-refractivity contribution in [3.8, 4) is 0 Å². The van der Waals surface area contributed by atoms with Crippen LogP contribution in [-0.4, -0.2) is 17.6 Å². The lowest BCUT2D eigenvalue weighted by molar-refractivity contribution is -0.122. The highest BCUT2D eigenvalue weighted by atomic mass is 79.9. The predicted octanol–water partition coefficient (Wildman–Crippen LogP) is 2.40. The number of amides is 1. The van der Waals surface area contributed by atoms with E-state index in [2.05, 4.69) is 21.2 Å². The second-order valence-corrected chi connectivity index (χ2v) is 4.59. The third-order valence-corrected chi connectivity index (χ3v) is 2.78. The molecule has 0 radical (unpaired) electrons. The first-order valence-electron chi connectivity index (χ1n) is 5.29. The van der Waals surface area contributed by atoms with Crippen molar-refractivity contribution in [2.75, 3.05) is 6.61 Å². The molecule has 88 valence electrons. The van der Waals surface area contributed by atoms with Crippen molar-refractivity contribution < 1.29 is 9.90 Å². The number of nitrogens with one attached hydrogen (secondary N) is 1. The molecule has 0 aromatic heterocycles. The van der Waals surface area contributed by atoms with Crippen LogP contribution in [0.1, 0.15) is 31.4 Å². The summed E-state index contributed by atoms with van der Waals surface area (Å²) in [6, 6.07) is 7.84. The molecule has 1 aromatic rings. The molecule has 0 spiro atoms. The van der Waals surface area contributed by atoms with E-state index in [9.17, 15) is 4.79 Å². The molecule has 3 nitrogen and oxygen atoms in total. The Morgan fingerprint density at radius 3 is 2.94 bits per heavy atom. The Hall–Kier alpha value is -0.870. The van der Waals surface area contributed by atoms with Crippen LogP contribution < -0.4 is 5.32 Å². The lowest BCUT2D eigenvalue weighted by atomic mass is 10.1. The van der Waals surface area contributed by atoms with Gasteiger partial charge in [-0.3, -0.25) is 4.79 Å². The minimum absolute atomic E-state index is 0.0105. The molecular formula is C12H16BrNO2. The fourth-order valence-corrected chi connectivity index (χ4v) is 1.83. The fraction of sp³-hybridized carbons (Fsp3) is 0.417. The van der Waals surface area contributed by atoms with E-state index in [1.807, 2.05) is 31.2 Å². The largest absolute Gasteiger partial charge is 0.396 e. The van der Waals surface area contributed by atoms with E-state index in [0.29, 0.717) is 12.8 Å². The lowest BCUT2D eigenvalue weighted by Gasteiger charge is -2.14. The van der Waals surface area contributed by atoms with Gasteiger partial charge < -0.3 is 10.4 Å². The van der Waals surface area contributed by atoms with Gasteiger partial charge in [0.05, 0.1) is 6.04 Å². The van der Waals surface area contributed by atoms with Gasteiger partial charge in [0, 0.05) is 17.5 Å². The number of halogens is 1. The fourth-order valence-electron chi connectivity index (χ4n) is 1.41. The Labute approximate surface area is 104 Å². The molecule has 0 saturated heterocycles. The van der Waals surface area contributed by atoms with Crippen LogP contribution in [0, 0.1) is 0 Å². The molecule has 0 saturated carbocycles. The van der Waals surface area contributed by atoms with Crippen molar-refractivity contribution in [2.45, 2.75) is 25.8 Å². The van der Waals surface area contributed by atoms with Crippen LogP contribution in [0.25, 0.3) is 0 Å². The summed E-state index contributed by atoms with van der Waals surface area (Å²) < 4.78 is 1.00. The van der Waals surface area contributed by atoms with Gasteiger partial charge in [0.1, 0.15) is 0 Å². The van der Waals surface area contributed by atoms with E-state index in [-0.39, 0.29) is 18.6 Å². The molecule has 0 aliphatic rings. The molecule has 0 heterocycles. The Kier molecular flexibility index (Phi) is 5.49. The van der Waals surface area contributed by atoms with Gasteiger partial charge in [-0.15, -0.1) is 0 Å². The predicted molar refractivity (Wildman–Crippen MR) is 67.0 cm³/mol. The summed E-state index contributed by atoms with van der Waals surface area (Å²) in [5.41, 5.74) is 1.06. The molecule has 0 unspecified atom stereocenters. The second kappa shape index (κ2) is 6.66. The van der Waals surface area contributed by atoms with E-state index >= 15 is 0 Å². The molecular weight excluding hydrogens is 270 g/mol. The highest BCUT2D eigenvalue weighted by Gasteiger charge is 2.08. The molecule has 0 bridgehead atoms. The Bertz CT molecular complexity index is 355. The van der Waals surface area contributed by atoms with Crippen LogP contribution in [0.3, 0.4) is 0 Å². The number of aliphatic hydroxyl groups is 1. The monoisotopic (exact) mass is 285 g/mol. The van der Waals surface area contributed by atoms with Gasteiger partial charge >= 0.3 is 0 Å². The molecule has 1 atom stereocenters. The zero-order chi connectivity index (χ0) is 12.0. The standard InChI is InChI=1S/C12H16BrNO2/c1-9(14-12(16)6-3-7-15)10-4-2-5-11(13)8-10/h2,4-5,8-9,15H,3,6-7H2,1H3,(H,14,16)/t9-/m1/s1. The summed E-state index contributed by atoms with van der Waals surface area (Å²) in [6.07, 6.45) is 0.881. The zero-order valence-corrected chi connectivity index (χ0v) is 10.8. The van der Waals surface area contributed by atoms with Crippen LogP contribution in [-0.2, 0) is 4.79 Å². The van der Waals surface area contributed by atoms with E-state index in [4.69, 9.17) is 5.11 Å². The third-order valence-electron chi connectivity index (χ3n) is 2.29. The van der Waals surface area contributed by atoms with Gasteiger partial charge in [0.25, 0.3) is 0 Å². The van der Waals surface area contributed by atoms with Crippen molar-refractivity contribution >= 4 is 21.8 Å². The van der Waals surface area contributed by atoms with Gasteiger partial charge in [0.2, 0.25) is 5.91 Å². The highest BCUT2D eigenvalue weighted by Crippen LogP contribution is 2.17. The van der Waals surface area contributed by atoms with Crippen LogP contribution in [0.15, 0.2) is 28.7 Å². The van der Waals surface area contributed by atoms with E-state index < -0.39 is 0 Å². The molecule has 0 fully saturated rings. The lowest BCUT2D eigenvalue weighted by Crippen LogP contribution is -2.26. The smallest absolute Gasteiger partial charge is 0.220 e. The SMILES string of the molecule is C[C@@H](NC(=O)CCCO)c1cccc(Br)c1. The molecule has 1 amide bonds. The number of carbonyl (C=O) groups excluding carboxylic acids is 1. The number of aliphatic hydroxyl groups excluding tert-OH is 1. The van der Waals surface area contributed by atoms with Gasteiger partial charge in [-0.1, -0.05) is 28.1 Å². The van der Waals surface area contributed by atoms with E-state index in [0.717, 1.165) is 10.0 Å². The summed E-state index contributed by atoms with van der Waals surface area (Å²) in [4.78, 5) is 11.4. The van der Waals surface area contributed by atoms with Crippen molar-refractivity contribution in [3.05, 3.63) is 34.3 Å². The second-order valence-electron chi connectivity index (χ2n) is 3.67. The van der Waals surface area contributed by atoms with E-state index in [1.165, 1.54) is 0 Å². The maximum Gasteiger partial charge on any atom is 0.220 e. The van der Waals surface area contributed by atoms with Crippen LogP contribution in [0.5, 0.6) is 0 Å². The van der Waals surface area contributed by atoms with Crippen molar-refractivity contribution in [3.63, 3.8) is 0 Å². The number of benzene rings is 1. The molecule has 0 aliphatic heterocycles. The van der Waals surface area contributed by atoms with Crippen LogP contribution >= 0.6 is 15.9 Å². The zero-order valence-electron chi connectivity index (χ0n) is 9.24. The van der Waals surface area contributed by atoms with E-state index in [1.54, 1.807) is 0 Å². The molecule has 4 heteroatoms. The Morgan fingerprint density at radius 2 is 2.31 bits per heavy atom. The Balaban J connectivity index is 2.52. The van der Waals surface area contributed by atoms with Gasteiger partial charge in [0.15, 0.2) is 0 Å². The minimum atomic E-state index is -0.0264. The molecule has 1 rings (SSSR count). The quantitative estimate of drug-likeness (QED) is 0.873. The van der Waals surface area contributed by atoms with Crippen molar-refractivity contribution in [2.24, 2.45) is 0 Å². The maximum absolute atomic E-state index is 11.4. The molecule has 1 aromatic carbocycles. The van der Waals surface area contributed by atoms with Gasteiger partial charge in [-0.05, 0) is 31.0 Å². The summed E-state index contributed by atoms with van der Waals surface area (Å²) >= 11 is 3.39. The van der Waals surface area contributed by atoms with Gasteiger partial charge in [-0.25, -0.2) is 0 Å².